The molecular formula is C10H4N4O2. The van der Waals surface area contributed by atoms with Gasteiger partial charge in [-0.25, -0.2) is 4.98 Å². The molecule has 0 saturated carbocycles. The third-order valence-electron chi connectivity index (χ3n) is 2.12. The van der Waals surface area contributed by atoms with Crippen LogP contribution >= 0.6 is 0 Å². The molecule has 16 heavy (non-hydrogen) atoms. The second-order valence-corrected chi connectivity index (χ2v) is 3.04. The van der Waals surface area contributed by atoms with E-state index in [0.29, 0.717) is 22.4 Å². The zero-order valence-corrected chi connectivity index (χ0v) is 7.91. The van der Waals surface area contributed by atoms with E-state index in [1.807, 2.05) is 6.07 Å². The highest BCUT2D eigenvalue weighted by atomic mass is 16.5. The number of fused-ring (bicyclic) bond motifs is 1. The van der Waals surface area contributed by atoms with Gasteiger partial charge in [-0.3, -0.25) is 0 Å². The second-order valence-electron chi connectivity index (χ2n) is 3.04. The fourth-order valence-corrected chi connectivity index (χ4v) is 1.44. The van der Waals surface area contributed by atoms with E-state index in [4.69, 9.17) is 14.2 Å². The van der Waals surface area contributed by atoms with Crippen LogP contribution in [0.3, 0.4) is 0 Å². The molecule has 0 aliphatic carbocycles. The van der Waals surface area contributed by atoms with Gasteiger partial charge in [-0.2, -0.15) is 10.2 Å². The van der Waals surface area contributed by atoms with Crippen LogP contribution in [-0.2, 0) is 0 Å². The predicted octanol–water partition coefficient (Wildman–Crippen LogP) is 1.75. The first-order valence-corrected chi connectivity index (χ1v) is 4.44. The van der Waals surface area contributed by atoms with Crippen molar-refractivity contribution in [3.63, 3.8) is 0 Å². The van der Waals surface area contributed by atoms with Crippen molar-refractivity contribution in [1.82, 2.24) is 15.1 Å². The lowest BCUT2D eigenvalue weighted by atomic mass is 10.2. The van der Waals surface area contributed by atoms with E-state index < -0.39 is 0 Å². The maximum absolute atomic E-state index is 8.87. The fourth-order valence-electron chi connectivity index (χ4n) is 1.44. The minimum atomic E-state index is 0.278. The van der Waals surface area contributed by atoms with Gasteiger partial charge in [0.05, 0.1) is 5.39 Å². The molecule has 3 rings (SSSR count). The summed E-state index contributed by atoms with van der Waals surface area (Å²) in [6.45, 7) is 0. The zero-order chi connectivity index (χ0) is 11.0. The number of hydrogen-bond acceptors (Lipinski definition) is 6. The summed E-state index contributed by atoms with van der Waals surface area (Å²) in [4.78, 5) is 7.79. The highest BCUT2D eigenvalue weighted by Crippen LogP contribution is 2.27. The number of hydrogen-bond donors (Lipinski definition) is 0. The summed E-state index contributed by atoms with van der Waals surface area (Å²) < 4.78 is 10.3. The van der Waals surface area contributed by atoms with Gasteiger partial charge in [0, 0.05) is 12.3 Å². The first-order chi connectivity index (χ1) is 7.88. The molecule has 0 fully saturated rings. The molecule has 0 aromatic carbocycles. The predicted molar refractivity (Wildman–Crippen MR) is 52.0 cm³/mol. The van der Waals surface area contributed by atoms with Crippen LogP contribution in [0.1, 0.15) is 5.69 Å². The number of furan rings is 1. The van der Waals surface area contributed by atoms with Crippen molar-refractivity contribution in [3.05, 3.63) is 30.4 Å². The number of rotatable bonds is 1. The number of nitriles is 1. The molecule has 0 saturated heterocycles. The molecule has 0 radical (unpaired) electrons. The monoisotopic (exact) mass is 212 g/mol. The van der Waals surface area contributed by atoms with Crippen LogP contribution in [0.5, 0.6) is 0 Å². The lowest BCUT2D eigenvalue weighted by Crippen LogP contribution is -1.79. The first kappa shape index (κ1) is 8.61. The largest absolute Gasteiger partial charge is 0.451 e. The summed E-state index contributed by atoms with van der Waals surface area (Å²) in [5.74, 6) is 0.706. The molecule has 6 nitrogen and oxygen atoms in total. The molecule has 0 aliphatic rings. The highest BCUT2D eigenvalue weighted by Gasteiger charge is 2.13. The second kappa shape index (κ2) is 3.17. The van der Waals surface area contributed by atoms with E-state index in [0.717, 1.165) is 0 Å². The Balaban J connectivity index is 2.28. The fraction of sp³-hybridized carbons (Fsp3) is 0. The van der Waals surface area contributed by atoms with Gasteiger partial charge < -0.3 is 8.94 Å². The summed E-state index contributed by atoms with van der Waals surface area (Å²) in [5, 5.41) is 13.0. The third kappa shape index (κ3) is 1.15. The molecule has 3 aromatic heterocycles. The van der Waals surface area contributed by atoms with Crippen molar-refractivity contribution in [2.45, 2.75) is 0 Å². The molecule has 0 spiro atoms. The minimum Gasteiger partial charge on any atom is -0.451 e. The Morgan fingerprint density at radius 3 is 3.00 bits per heavy atom. The van der Waals surface area contributed by atoms with Crippen molar-refractivity contribution >= 4 is 11.0 Å². The van der Waals surface area contributed by atoms with E-state index in [2.05, 4.69) is 15.1 Å². The number of aromatic nitrogens is 3. The van der Waals surface area contributed by atoms with Crippen LogP contribution in [0.4, 0.5) is 0 Å². The summed E-state index contributed by atoms with van der Waals surface area (Å²) in [7, 11) is 0. The number of pyridine rings is 1. The van der Waals surface area contributed by atoms with Crippen molar-refractivity contribution in [2.24, 2.45) is 0 Å². The topological polar surface area (TPSA) is 88.7 Å². The van der Waals surface area contributed by atoms with E-state index in [-0.39, 0.29) is 5.89 Å². The van der Waals surface area contributed by atoms with Crippen LogP contribution in [0.2, 0.25) is 0 Å². The van der Waals surface area contributed by atoms with Gasteiger partial charge in [0.2, 0.25) is 0 Å². The Hall–Kier alpha value is -2.68. The van der Waals surface area contributed by atoms with Crippen LogP contribution < -0.4 is 0 Å². The summed E-state index contributed by atoms with van der Waals surface area (Å²) in [6, 6.07) is 5.33. The number of nitrogens with zero attached hydrogens (tertiary/aromatic N) is 4. The minimum absolute atomic E-state index is 0.278. The normalized spacial score (nSPS) is 10.4. The summed E-state index contributed by atoms with van der Waals surface area (Å²) >= 11 is 0. The molecule has 0 aliphatic heterocycles. The summed E-state index contributed by atoms with van der Waals surface area (Å²) in [6.07, 6.45) is 2.80. The zero-order valence-electron chi connectivity index (χ0n) is 7.91. The van der Waals surface area contributed by atoms with Crippen LogP contribution in [0, 0.1) is 11.3 Å². The van der Waals surface area contributed by atoms with E-state index >= 15 is 0 Å². The lowest BCUT2D eigenvalue weighted by molar-refractivity contribution is 0.418. The Labute approximate surface area is 89.1 Å². The lowest BCUT2D eigenvalue weighted by Gasteiger charge is -1.87. The van der Waals surface area contributed by atoms with Crippen LogP contribution in [0.25, 0.3) is 22.6 Å². The molecule has 76 valence electrons. The smallest absolute Gasteiger partial charge is 0.293 e. The Morgan fingerprint density at radius 2 is 2.25 bits per heavy atom. The van der Waals surface area contributed by atoms with Gasteiger partial charge in [-0.1, -0.05) is 5.16 Å². The molecule has 3 aromatic rings. The maximum Gasteiger partial charge on any atom is 0.293 e. The van der Waals surface area contributed by atoms with Gasteiger partial charge >= 0.3 is 0 Å². The maximum atomic E-state index is 8.87. The molecule has 0 bridgehead atoms. The van der Waals surface area contributed by atoms with Crippen molar-refractivity contribution in [2.75, 3.05) is 0 Å². The average Bonchev–Trinajstić information content (AvgIpc) is 2.96. The van der Waals surface area contributed by atoms with E-state index in [1.54, 1.807) is 12.1 Å². The van der Waals surface area contributed by atoms with Crippen molar-refractivity contribution < 1.29 is 8.94 Å². The van der Waals surface area contributed by atoms with E-state index in [1.165, 1.54) is 12.5 Å². The molecule has 0 atom stereocenters. The molecule has 0 N–H and O–H groups in total. The Morgan fingerprint density at radius 1 is 1.31 bits per heavy atom. The van der Waals surface area contributed by atoms with Gasteiger partial charge in [-0.05, 0) is 6.07 Å². The molecule has 3 heterocycles. The van der Waals surface area contributed by atoms with Crippen LogP contribution in [-0.4, -0.2) is 15.1 Å². The van der Waals surface area contributed by atoms with Crippen LogP contribution in [0.15, 0.2) is 33.6 Å². The quantitative estimate of drug-likeness (QED) is 0.610. The SMILES string of the molecule is N#Cc1nccc2oc(-c3ncno3)cc12. The van der Waals surface area contributed by atoms with E-state index in [9.17, 15) is 0 Å². The third-order valence-corrected chi connectivity index (χ3v) is 2.12. The average molecular weight is 212 g/mol. The molecule has 6 heteroatoms. The van der Waals surface area contributed by atoms with Gasteiger partial charge in [-0.15, -0.1) is 0 Å². The van der Waals surface area contributed by atoms with Gasteiger partial charge in [0.1, 0.15) is 11.7 Å². The standard InChI is InChI=1S/C10H4N4O2/c11-4-7-6-3-9(10-13-5-14-16-10)15-8(6)1-2-12-7/h1-3,5H. The molecular weight excluding hydrogens is 208 g/mol. The molecule has 0 amide bonds. The first-order valence-electron chi connectivity index (χ1n) is 4.44. The molecule has 0 unspecified atom stereocenters. The van der Waals surface area contributed by atoms with Gasteiger partial charge in [0.15, 0.2) is 17.8 Å². The summed E-state index contributed by atoms with van der Waals surface area (Å²) in [5.41, 5.74) is 0.881. The van der Waals surface area contributed by atoms with Crippen molar-refractivity contribution in [1.29, 1.82) is 5.26 Å². The van der Waals surface area contributed by atoms with Gasteiger partial charge in [0.25, 0.3) is 5.89 Å². The Kier molecular flexibility index (Phi) is 1.71. The Bertz CT molecular complexity index is 678. The van der Waals surface area contributed by atoms with Crippen molar-refractivity contribution in [3.8, 4) is 17.7 Å². The highest BCUT2D eigenvalue weighted by molar-refractivity contribution is 5.85.